The van der Waals surface area contributed by atoms with Gasteiger partial charge in [0.1, 0.15) is 0 Å². The Morgan fingerprint density at radius 2 is 2.38 bits per heavy atom. The summed E-state index contributed by atoms with van der Waals surface area (Å²) in [6, 6.07) is 0.181. The minimum absolute atomic E-state index is 0.131. The molecule has 0 saturated heterocycles. The van der Waals surface area contributed by atoms with E-state index in [9.17, 15) is 0 Å². The number of ether oxygens (including phenoxy) is 1. The average molecular weight is 226 g/mol. The summed E-state index contributed by atoms with van der Waals surface area (Å²) >= 11 is 0. The van der Waals surface area contributed by atoms with Gasteiger partial charge < -0.3 is 4.74 Å². The number of nitrogens with two attached hydrogens (primary N) is 1. The largest absolute Gasteiger partial charge is 0.377 e. The van der Waals surface area contributed by atoms with Crippen molar-refractivity contribution in [3.63, 3.8) is 0 Å². The van der Waals surface area contributed by atoms with Crippen molar-refractivity contribution in [2.24, 2.45) is 12.9 Å². The summed E-state index contributed by atoms with van der Waals surface area (Å²) in [6.07, 6.45) is 5.95. The minimum Gasteiger partial charge on any atom is -0.377 e. The van der Waals surface area contributed by atoms with Gasteiger partial charge in [-0.15, -0.1) is 0 Å². The number of hydrogen-bond acceptors (Lipinski definition) is 4. The van der Waals surface area contributed by atoms with Crippen LogP contribution in [0.25, 0.3) is 0 Å². The molecule has 16 heavy (non-hydrogen) atoms. The molecule has 0 aliphatic heterocycles. The second-order valence-corrected chi connectivity index (χ2v) is 3.99. The Morgan fingerprint density at radius 1 is 1.62 bits per heavy atom. The van der Waals surface area contributed by atoms with Gasteiger partial charge in [0.15, 0.2) is 0 Å². The molecule has 0 bridgehead atoms. The van der Waals surface area contributed by atoms with Crippen LogP contribution in [0.1, 0.15) is 25.8 Å². The van der Waals surface area contributed by atoms with Crippen LogP contribution in [0.3, 0.4) is 0 Å². The van der Waals surface area contributed by atoms with Crippen molar-refractivity contribution in [2.75, 3.05) is 6.61 Å². The lowest BCUT2D eigenvalue weighted by Gasteiger charge is -2.22. The molecule has 2 unspecified atom stereocenters. The quantitative estimate of drug-likeness (QED) is 0.528. The first kappa shape index (κ1) is 13.2. The fourth-order valence-corrected chi connectivity index (χ4v) is 1.76. The SMILES string of the molecule is CCOC(C)C(CCc1cnn(C)c1)NN. The first-order valence-electron chi connectivity index (χ1n) is 5.72. The van der Waals surface area contributed by atoms with Crippen molar-refractivity contribution in [1.29, 1.82) is 0 Å². The van der Waals surface area contributed by atoms with Crippen molar-refractivity contribution in [3.8, 4) is 0 Å². The van der Waals surface area contributed by atoms with Crippen LogP contribution >= 0.6 is 0 Å². The van der Waals surface area contributed by atoms with E-state index >= 15 is 0 Å². The summed E-state index contributed by atoms with van der Waals surface area (Å²) in [5, 5.41) is 4.14. The van der Waals surface area contributed by atoms with Crippen molar-refractivity contribution in [1.82, 2.24) is 15.2 Å². The van der Waals surface area contributed by atoms with Crippen LogP contribution in [0.2, 0.25) is 0 Å². The molecule has 0 saturated carbocycles. The maximum absolute atomic E-state index is 5.53. The third kappa shape index (κ3) is 3.92. The lowest BCUT2D eigenvalue weighted by atomic mass is 10.0. The highest BCUT2D eigenvalue weighted by atomic mass is 16.5. The molecule has 0 fully saturated rings. The number of aromatic nitrogens is 2. The standard InChI is InChI=1S/C11H22N4O/c1-4-16-9(2)11(14-12)6-5-10-7-13-15(3)8-10/h7-9,11,14H,4-6,12H2,1-3H3. The van der Waals surface area contributed by atoms with Crippen LogP contribution in [0.4, 0.5) is 0 Å². The average Bonchev–Trinajstić information content (AvgIpc) is 2.65. The van der Waals surface area contributed by atoms with Gasteiger partial charge in [-0.05, 0) is 32.3 Å². The number of hydrogen-bond donors (Lipinski definition) is 2. The molecule has 3 N–H and O–H groups in total. The van der Waals surface area contributed by atoms with Gasteiger partial charge in [0, 0.05) is 25.9 Å². The van der Waals surface area contributed by atoms with Crippen molar-refractivity contribution in [2.45, 2.75) is 38.8 Å². The van der Waals surface area contributed by atoms with E-state index in [4.69, 9.17) is 10.6 Å². The van der Waals surface area contributed by atoms with Crippen LogP contribution in [0.15, 0.2) is 12.4 Å². The van der Waals surface area contributed by atoms with E-state index in [-0.39, 0.29) is 12.1 Å². The summed E-state index contributed by atoms with van der Waals surface area (Å²) < 4.78 is 7.34. The molecule has 0 aromatic carbocycles. The third-order valence-electron chi connectivity index (χ3n) is 2.71. The molecule has 0 aliphatic carbocycles. The van der Waals surface area contributed by atoms with Crippen molar-refractivity contribution < 1.29 is 4.74 Å². The second kappa shape index (κ2) is 6.62. The summed E-state index contributed by atoms with van der Waals surface area (Å²) in [6.45, 7) is 4.74. The minimum atomic E-state index is 0.131. The molecule has 0 spiro atoms. The third-order valence-corrected chi connectivity index (χ3v) is 2.71. The molecule has 5 heteroatoms. The lowest BCUT2D eigenvalue weighted by Crippen LogP contribution is -2.44. The fraction of sp³-hybridized carbons (Fsp3) is 0.727. The number of nitrogens with one attached hydrogen (secondary N) is 1. The first-order chi connectivity index (χ1) is 7.67. The Bertz CT molecular complexity index is 300. The summed E-state index contributed by atoms with van der Waals surface area (Å²) in [5.74, 6) is 5.52. The van der Waals surface area contributed by atoms with E-state index < -0.39 is 0 Å². The molecule has 1 heterocycles. The number of rotatable bonds is 7. The number of hydrazine groups is 1. The molecular weight excluding hydrogens is 204 g/mol. The predicted octanol–water partition coefficient (Wildman–Crippen LogP) is 0.610. The van der Waals surface area contributed by atoms with E-state index in [2.05, 4.69) is 10.5 Å². The van der Waals surface area contributed by atoms with Gasteiger partial charge >= 0.3 is 0 Å². The normalized spacial score (nSPS) is 15.0. The van der Waals surface area contributed by atoms with Gasteiger partial charge in [-0.1, -0.05) is 0 Å². The van der Waals surface area contributed by atoms with E-state index in [0.29, 0.717) is 6.61 Å². The molecule has 1 aromatic heterocycles. The van der Waals surface area contributed by atoms with Crippen LogP contribution in [0.5, 0.6) is 0 Å². The summed E-state index contributed by atoms with van der Waals surface area (Å²) in [4.78, 5) is 0. The van der Waals surface area contributed by atoms with E-state index in [1.807, 2.05) is 38.0 Å². The van der Waals surface area contributed by atoms with Gasteiger partial charge in [0.05, 0.1) is 12.3 Å². The van der Waals surface area contributed by atoms with E-state index in [0.717, 1.165) is 12.8 Å². The smallest absolute Gasteiger partial charge is 0.0713 e. The zero-order valence-electron chi connectivity index (χ0n) is 10.3. The summed E-state index contributed by atoms with van der Waals surface area (Å²) in [5.41, 5.74) is 4.04. The zero-order valence-corrected chi connectivity index (χ0v) is 10.3. The molecule has 0 amide bonds. The molecular formula is C11H22N4O. The summed E-state index contributed by atoms with van der Waals surface area (Å²) in [7, 11) is 1.92. The molecule has 5 nitrogen and oxygen atoms in total. The van der Waals surface area contributed by atoms with Gasteiger partial charge in [0.2, 0.25) is 0 Å². The number of nitrogens with zero attached hydrogens (tertiary/aromatic N) is 2. The predicted molar refractivity (Wildman–Crippen MR) is 63.7 cm³/mol. The molecule has 92 valence electrons. The first-order valence-corrected chi connectivity index (χ1v) is 5.72. The van der Waals surface area contributed by atoms with Crippen LogP contribution in [0, 0.1) is 0 Å². The highest BCUT2D eigenvalue weighted by Crippen LogP contribution is 2.08. The Morgan fingerprint density at radius 3 is 2.88 bits per heavy atom. The fourth-order valence-electron chi connectivity index (χ4n) is 1.76. The van der Waals surface area contributed by atoms with Crippen LogP contribution in [-0.2, 0) is 18.2 Å². The topological polar surface area (TPSA) is 65.1 Å². The van der Waals surface area contributed by atoms with Gasteiger partial charge in [-0.25, -0.2) is 0 Å². The van der Waals surface area contributed by atoms with E-state index in [1.165, 1.54) is 5.56 Å². The second-order valence-electron chi connectivity index (χ2n) is 3.99. The van der Waals surface area contributed by atoms with Crippen molar-refractivity contribution >= 4 is 0 Å². The van der Waals surface area contributed by atoms with Crippen molar-refractivity contribution in [3.05, 3.63) is 18.0 Å². The molecule has 1 rings (SSSR count). The lowest BCUT2D eigenvalue weighted by molar-refractivity contribution is 0.0453. The van der Waals surface area contributed by atoms with Crippen LogP contribution < -0.4 is 11.3 Å². The Labute approximate surface area is 96.9 Å². The van der Waals surface area contributed by atoms with Gasteiger partial charge in [-0.2, -0.15) is 5.10 Å². The van der Waals surface area contributed by atoms with E-state index in [1.54, 1.807) is 0 Å². The Kier molecular flexibility index (Phi) is 5.45. The molecule has 1 aromatic rings. The monoisotopic (exact) mass is 226 g/mol. The number of aryl methyl sites for hydroxylation is 2. The Balaban J connectivity index is 2.39. The zero-order chi connectivity index (χ0) is 12.0. The maximum atomic E-state index is 5.53. The van der Waals surface area contributed by atoms with Gasteiger partial charge in [-0.3, -0.25) is 16.0 Å². The molecule has 0 aliphatic rings. The van der Waals surface area contributed by atoms with Crippen LogP contribution in [-0.4, -0.2) is 28.5 Å². The molecule has 2 atom stereocenters. The highest BCUT2D eigenvalue weighted by molar-refractivity contribution is 5.04. The molecule has 0 radical (unpaired) electrons. The maximum Gasteiger partial charge on any atom is 0.0713 e. The van der Waals surface area contributed by atoms with Gasteiger partial charge in [0.25, 0.3) is 0 Å². The highest BCUT2D eigenvalue weighted by Gasteiger charge is 2.15. The Hall–Kier alpha value is -0.910.